The van der Waals surface area contributed by atoms with Crippen LogP contribution in [0.2, 0.25) is 0 Å². The van der Waals surface area contributed by atoms with Gasteiger partial charge in [0.05, 0.1) is 0 Å². The fraction of sp³-hybridized carbons (Fsp3) is 0.0909. The topological polar surface area (TPSA) is 46.3 Å². The Balaban J connectivity index is 2.91. The maximum Gasteiger partial charge on any atom is 0.260 e. The standard InChI is InChI=1S/C11H12N2OS/c1-2-8-13(11(12)15)10(14)9-6-4-3-5-7-9/h2-7H,1,8H2,(H2,12,15). The van der Waals surface area contributed by atoms with E-state index in [0.29, 0.717) is 12.1 Å². The van der Waals surface area contributed by atoms with E-state index < -0.39 is 0 Å². The molecule has 15 heavy (non-hydrogen) atoms. The van der Waals surface area contributed by atoms with Crippen LogP contribution in [-0.2, 0) is 0 Å². The van der Waals surface area contributed by atoms with Gasteiger partial charge < -0.3 is 5.73 Å². The zero-order valence-corrected chi connectivity index (χ0v) is 9.04. The summed E-state index contributed by atoms with van der Waals surface area (Å²) in [6.07, 6.45) is 1.58. The summed E-state index contributed by atoms with van der Waals surface area (Å²) in [6.45, 7) is 3.87. The molecule has 0 saturated carbocycles. The first-order chi connectivity index (χ1) is 7.16. The molecule has 0 bridgehead atoms. The molecule has 0 aliphatic carbocycles. The minimum absolute atomic E-state index is 0.0590. The Bertz CT molecular complexity index is 375. The highest BCUT2D eigenvalue weighted by atomic mass is 32.1. The molecule has 0 aliphatic rings. The molecule has 1 aromatic carbocycles. The Morgan fingerprint density at radius 2 is 2.07 bits per heavy atom. The van der Waals surface area contributed by atoms with Crippen molar-refractivity contribution in [1.29, 1.82) is 0 Å². The van der Waals surface area contributed by atoms with Crippen LogP contribution in [0.5, 0.6) is 0 Å². The molecule has 0 unspecified atom stereocenters. The lowest BCUT2D eigenvalue weighted by Crippen LogP contribution is -2.40. The molecule has 0 heterocycles. The molecule has 0 aliphatic heterocycles. The van der Waals surface area contributed by atoms with E-state index in [4.69, 9.17) is 18.0 Å². The lowest BCUT2D eigenvalue weighted by Gasteiger charge is -2.18. The van der Waals surface area contributed by atoms with Crippen molar-refractivity contribution in [3.05, 3.63) is 48.6 Å². The van der Waals surface area contributed by atoms with Crippen LogP contribution in [0.25, 0.3) is 0 Å². The third kappa shape index (κ3) is 2.89. The molecule has 4 heteroatoms. The number of amides is 1. The summed E-state index contributed by atoms with van der Waals surface area (Å²) in [5, 5.41) is 0.0590. The fourth-order valence-electron chi connectivity index (χ4n) is 1.14. The van der Waals surface area contributed by atoms with Crippen LogP contribution in [0.4, 0.5) is 0 Å². The van der Waals surface area contributed by atoms with Crippen molar-refractivity contribution in [1.82, 2.24) is 4.90 Å². The minimum Gasteiger partial charge on any atom is -0.376 e. The van der Waals surface area contributed by atoms with Crippen molar-refractivity contribution in [2.45, 2.75) is 0 Å². The second-order valence-corrected chi connectivity index (χ2v) is 3.33. The summed E-state index contributed by atoms with van der Waals surface area (Å²) >= 11 is 4.79. The third-order valence-electron chi connectivity index (χ3n) is 1.84. The van der Waals surface area contributed by atoms with Crippen molar-refractivity contribution < 1.29 is 4.79 Å². The maximum atomic E-state index is 11.9. The van der Waals surface area contributed by atoms with Gasteiger partial charge >= 0.3 is 0 Å². The van der Waals surface area contributed by atoms with Crippen LogP contribution in [-0.4, -0.2) is 22.5 Å². The first-order valence-electron chi connectivity index (χ1n) is 4.44. The minimum atomic E-state index is -0.206. The summed E-state index contributed by atoms with van der Waals surface area (Å²) in [7, 11) is 0. The van der Waals surface area contributed by atoms with Gasteiger partial charge in [-0.05, 0) is 24.4 Å². The van der Waals surface area contributed by atoms with Crippen molar-refractivity contribution in [2.24, 2.45) is 5.73 Å². The first-order valence-corrected chi connectivity index (χ1v) is 4.85. The second kappa shape index (κ2) is 5.26. The zero-order valence-electron chi connectivity index (χ0n) is 8.22. The van der Waals surface area contributed by atoms with Gasteiger partial charge in [0.25, 0.3) is 5.91 Å². The molecule has 1 rings (SSSR count). The normalized spacial score (nSPS) is 9.33. The van der Waals surface area contributed by atoms with E-state index in [9.17, 15) is 4.79 Å². The largest absolute Gasteiger partial charge is 0.376 e. The van der Waals surface area contributed by atoms with E-state index in [1.165, 1.54) is 4.90 Å². The van der Waals surface area contributed by atoms with E-state index in [2.05, 4.69) is 6.58 Å². The smallest absolute Gasteiger partial charge is 0.260 e. The Kier molecular flexibility index (Phi) is 4.00. The molecule has 78 valence electrons. The number of carbonyl (C=O) groups is 1. The van der Waals surface area contributed by atoms with Crippen molar-refractivity contribution in [3.63, 3.8) is 0 Å². The molecule has 0 radical (unpaired) electrons. The van der Waals surface area contributed by atoms with Gasteiger partial charge in [-0.1, -0.05) is 24.3 Å². The quantitative estimate of drug-likeness (QED) is 0.621. The number of benzene rings is 1. The van der Waals surface area contributed by atoms with Gasteiger partial charge in [-0.3, -0.25) is 9.69 Å². The molecular formula is C11H12N2OS. The Labute approximate surface area is 94.2 Å². The molecule has 0 aromatic heterocycles. The number of hydrogen-bond acceptors (Lipinski definition) is 2. The molecule has 0 saturated heterocycles. The van der Waals surface area contributed by atoms with Gasteiger partial charge in [-0.25, -0.2) is 0 Å². The summed E-state index contributed by atoms with van der Waals surface area (Å²) in [5.74, 6) is -0.206. The van der Waals surface area contributed by atoms with E-state index >= 15 is 0 Å². The Hall–Kier alpha value is -1.68. The second-order valence-electron chi connectivity index (χ2n) is 2.91. The van der Waals surface area contributed by atoms with Gasteiger partial charge in [-0.2, -0.15) is 0 Å². The molecule has 0 atom stereocenters. The lowest BCUT2D eigenvalue weighted by atomic mass is 10.2. The Morgan fingerprint density at radius 1 is 1.47 bits per heavy atom. The fourth-order valence-corrected chi connectivity index (χ4v) is 1.30. The van der Waals surface area contributed by atoms with Gasteiger partial charge in [0.1, 0.15) is 0 Å². The van der Waals surface area contributed by atoms with Crippen LogP contribution < -0.4 is 5.73 Å². The number of carbonyl (C=O) groups excluding carboxylic acids is 1. The molecule has 1 amide bonds. The van der Waals surface area contributed by atoms with Crippen LogP contribution in [0.3, 0.4) is 0 Å². The van der Waals surface area contributed by atoms with E-state index in [0.717, 1.165) is 0 Å². The molecule has 2 N–H and O–H groups in total. The molecule has 0 spiro atoms. The zero-order chi connectivity index (χ0) is 11.3. The summed E-state index contributed by atoms with van der Waals surface area (Å²) in [4.78, 5) is 13.2. The third-order valence-corrected chi connectivity index (χ3v) is 2.06. The number of rotatable bonds is 3. The molecule has 3 nitrogen and oxygen atoms in total. The molecule has 1 aromatic rings. The van der Waals surface area contributed by atoms with Gasteiger partial charge in [0.15, 0.2) is 5.11 Å². The number of thiocarbonyl (C=S) groups is 1. The Morgan fingerprint density at radius 3 is 2.53 bits per heavy atom. The van der Waals surface area contributed by atoms with Crippen molar-refractivity contribution in [2.75, 3.05) is 6.54 Å². The highest BCUT2D eigenvalue weighted by Gasteiger charge is 2.15. The predicted molar refractivity (Wildman–Crippen MR) is 64.5 cm³/mol. The highest BCUT2D eigenvalue weighted by Crippen LogP contribution is 2.04. The number of nitrogens with two attached hydrogens (primary N) is 1. The lowest BCUT2D eigenvalue weighted by molar-refractivity contribution is 0.0859. The first kappa shape index (κ1) is 11.4. The molecule has 0 fully saturated rings. The van der Waals surface area contributed by atoms with E-state index in [-0.39, 0.29) is 11.0 Å². The maximum absolute atomic E-state index is 11.9. The summed E-state index contributed by atoms with van der Waals surface area (Å²) < 4.78 is 0. The number of hydrogen-bond donors (Lipinski definition) is 1. The van der Waals surface area contributed by atoms with E-state index in [1.54, 1.807) is 30.3 Å². The molecular weight excluding hydrogens is 208 g/mol. The average molecular weight is 220 g/mol. The monoisotopic (exact) mass is 220 g/mol. The summed E-state index contributed by atoms with van der Waals surface area (Å²) in [5.41, 5.74) is 6.01. The SMILES string of the molecule is C=CCN(C(=O)c1ccccc1)C(N)=S. The summed E-state index contributed by atoms with van der Waals surface area (Å²) in [6, 6.07) is 8.86. The predicted octanol–water partition coefficient (Wildman–Crippen LogP) is 1.56. The van der Waals surface area contributed by atoms with E-state index in [1.807, 2.05) is 6.07 Å². The van der Waals surface area contributed by atoms with Gasteiger partial charge in [0, 0.05) is 12.1 Å². The average Bonchev–Trinajstić information content (AvgIpc) is 2.26. The van der Waals surface area contributed by atoms with Crippen molar-refractivity contribution in [3.8, 4) is 0 Å². The van der Waals surface area contributed by atoms with Gasteiger partial charge in [-0.15, -0.1) is 6.58 Å². The number of nitrogens with zero attached hydrogens (tertiary/aromatic N) is 1. The van der Waals surface area contributed by atoms with Crippen LogP contribution in [0, 0.1) is 0 Å². The van der Waals surface area contributed by atoms with Crippen LogP contribution >= 0.6 is 12.2 Å². The highest BCUT2D eigenvalue weighted by molar-refractivity contribution is 7.80. The van der Waals surface area contributed by atoms with Crippen molar-refractivity contribution >= 4 is 23.2 Å². The van der Waals surface area contributed by atoms with Gasteiger partial charge in [0.2, 0.25) is 0 Å². The van der Waals surface area contributed by atoms with Crippen LogP contribution in [0.1, 0.15) is 10.4 Å². The van der Waals surface area contributed by atoms with Crippen LogP contribution in [0.15, 0.2) is 43.0 Å².